The van der Waals surface area contributed by atoms with Crippen LogP contribution in [0.4, 0.5) is 10.3 Å². The molecule has 8 nitrogen and oxygen atoms in total. The van der Waals surface area contributed by atoms with Gasteiger partial charge in [0.2, 0.25) is 21.9 Å². The highest BCUT2D eigenvalue weighted by Gasteiger charge is 2.31. The maximum atomic E-state index is 13.0. The van der Waals surface area contributed by atoms with E-state index < -0.39 is 10.0 Å². The van der Waals surface area contributed by atoms with Crippen LogP contribution < -0.4 is 9.64 Å². The molecular weight excluding hydrogens is 421 g/mol. The third-order valence-corrected chi connectivity index (χ3v) is 6.76. The van der Waals surface area contributed by atoms with E-state index in [-0.39, 0.29) is 29.4 Å². The Kier molecular flexibility index (Phi) is 5.79. The predicted octanol–water partition coefficient (Wildman–Crippen LogP) is 2.79. The molecule has 2 heterocycles. The van der Waals surface area contributed by atoms with Crippen LogP contribution in [0.25, 0.3) is 0 Å². The molecule has 158 valence electrons. The molecule has 0 atom stereocenters. The van der Waals surface area contributed by atoms with E-state index in [9.17, 15) is 18.1 Å². The Labute approximate surface area is 179 Å². The van der Waals surface area contributed by atoms with Gasteiger partial charge in [-0.1, -0.05) is 12.1 Å². The number of anilines is 1. The van der Waals surface area contributed by atoms with Crippen LogP contribution in [0, 0.1) is 17.1 Å². The lowest BCUT2D eigenvalue weighted by Crippen LogP contribution is -2.49. The summed E-state index contributed by atoms with van der Waals surface area (Å²) in [6.07, 6.45) is 1.55. The monoisotopic (exact) mass is 439 g/mol. The Morgan fingerprint density at radius 3 is 2.42 bits per heavy atom. The fraction of sp³-hybridized carbons (Fsp3) is 0.190. The summed E-state index contributed by atoms with van der Waals surface area (Å²) in [6.45, 7) is 1.23. The number of rotatable bonds is 5. The normalized spacial score (nSPS) is 14.8. The van der Waals surface area contributed by atoms with Crippen molar-refractivity contribution < 1.29 is 17.5 Å². The minimum atomic E-state index is -3.77. The highest BCUT2D eigenvalue weighted by molar-refractivity contribution is 7.89. The number of hydrogen-bond donors (Lipinski definition) is 0. The molecule has 31 heavy (non-hydrogen) atoms. The molecule has 1 saturated heterocycles. The van der Waals surface area contributed by atoms with Crippen molar-refractivity contribution in [2.45, 2.75) is 4.90 Å². The van der Waals surface area contributed by atoms with Crippen molar-refractivity contribution in [3.8, 4) is 17.7 Å². The SMILES string of the molecule is N#Cc1ccccc1S(=O)(=O)N1CCN(c2nccc(Oc3ccc(F)cc3)n2)CC1. The predicted molar refractivity (Wildman–Crippen MR) is 111 cm³/mol. The molecule has 0 bridgehead atoms. The number of hydrogen-bond acceptors (Lipinski definition) is 7. The van der Waals surface area contributed by atoms with E-state index >= 15 is 0 Å². The van der Waals surface area contributed by atoms with Crippen LogP contribution in [0.15, 0.2) is 65.7 Å². The van der Waals surface area contributed by atoms with E-state index in [0.717, 1.165) is 0 Å². The van der Waals surface area contributed by atoms with Crippen LogP contribution in [0.5, 0.6) is 11.6 Å². The molecule has 0 N–H and O–H groups in total. The van der Waals surface area contributed by atoms with Crippen LogP contribution >= 0.6 is 0 Å². The van der Waals surface area contributed by atoms with Crippen molar-refractivity contribution in [3.05, 3.63) is 72.2 Å². The van der Waals surface area contributed by atoms with E-state index in [0.29, 0.717) is 30.7 Å². The first-order valence-electron chi connectivity index (χ1n) is 9.48. The Balaban J connectivity index is 1.45. The van der Waals surface area contributed by atoms with Gasteiger partial charge in [0.05, 0.1) is 10.5 Å². The second kappa shape index (κ2) is 8.67. The third kappa shape index (κ3) is 4.47. The molecular formula is C21H18FN5O3S. The molecule has 1 aliphatic rings. The summed E-state index contributed by atoms with van der Waals surface area (Å²) in [6, 6.07) is 15.3. The maximum Gasteiger partial charge on any atom is 0.244 e. The van der Waals surface area contributed by atoms with Gasteiger partial charge in [-0.2, -0.15) is 14.6 Å². The third-order valence-electron chi connectivity index (χ3n) is 4.80. The van der Waals surface area contributed by atoms with E-state index in [1.165, 1.54) is 40.7 Å². The van der Waals surface area contributed by atoms with Gasteiger partial charge in [0.15, 0.2) is 0 Å². The van der Waals surface area contributed by atoms with Gasteiger partial charge in [-0.15, -0.1) is 0 Å². The lowest BCUT2D eigenvalue weighted by molar-refractivity contribution is 0.381. The lowest BCUT2D eigenvalue weighted by atomic mass is 10.2. The molecule has 4 rings (SSSR count). The van der Waals surface area contributed by atoms with Gasteiger partial charge in [-0.3, -0.25) is 0 Å². The number of ether oxygens (including phenoxy) is 1. The van der Waals surface area contributed by atoms with Gasteiger partial charge in [0, 0.05) is 38.4 Å². The minimum absolute atomic E-state index is 0.0110. The highest BCUT2D eigenvalue weighted by Crippen LogP contribution is 2.24. The van der Waals surface area contributed by atoms with E-state index in [1.807, 2.05) is 11.0 Å². The summed E-state index contributed by atoms with van der Waals surface area (Å²) < 4.78 is 46.0. The van der Waals surface area contributed by atoms with Gasteiger partial charge in [0.25, 0.3) is 0 Å². The highest BCUT2D eigenvalue weighted by atomic mass is 32.2. The molecule has 0 unspecified atom stereocenters. The first-order chi connectivity index (χ1) is 15.0. The Morgan fingerprint density at radius 2 is 1.71 bits per heavy atom. The fourth-order valence-corrected chi connectivity index (χ4v) is 4.78. The van der Waals surface area contributed by atoms with E-state index in [4.69, 9.17) is 4.74 Å². The maximum absolute atomic E-state index is 13.0. The topological polar surface area (TPSA) is 99.4 Å². The van der Waals surface area contributed by atoms with Gasteiger partial charge in [0.1, 0.15) is 17.6 Å². The summed E-state index contributed by atoms with van der Waals surface area (Å²) in [7, 11) is -3.77. The van der Waals surface area contributed by atoms with Crippen molar-refractivity contribution in [1.82, 2.24) is 14.3 Å². The Morgan fingerprint density at radius 1 is 1.00 bits per heavy atom. The first-order valence-corrected chi connectivity index (χ1v) is 10.9. The van der Waals surface area contributed by atoms with Crippen LogP contribution in [-0.4, -0.2) is 48.9 Å². The number of nitriles is 1. The standard InChI is InChI=1S/C21H18FN5O3S/c22-17-5-7-18(8-6-17)30-20-9-10-24-21(25-20)26-11-13-27(14-12-26)31(28,29)19-4-2-1-3-16(19)15-23/h1-10H,11-14H2. The van der Waals surface area contributed by atoms with Gasteiger partial charge in [-0.05, 0) is 36.4 Å². The average molecular weight is 439 g/mol. The largest absolute Gasteiger partial charge is 0.439 e. The van der Waals surface area contributed by atoms with Crippen molar-refractivity contribution in [1.29, 1.82) is 5.26 Å². The molecule has 2 aromatic carbocycles. The van der Waals surface area contributed by atoms with E-state index in [1.54, 1.807) is 24.4 Å². The summed E-state index contributed by atoms with van der Waals surface area (Å²) >= 11 is 0. The lowest BCUT2D eigenvalue weighted by Gasteiger charge is -2.34. The number of sulfonamides is 1. The molecule has 0 saturated carbocycles. The molecule has 0 spiro atoms. The second-order valence-electron chi connectivity index (χ2n) is 6.75. The zero-order chi connectivity index (χ0) is 21.8. The zero-order valence-corrected chi connectivity index (χ0v) is 17.2. The summed E-state index contributed by atoms with van der Waals surface area (Å²) in [4.78, 5) is 10.5. The van der Waals surface area contributed by atoms with Gasteiger partial charge in [-0.25, -0.2) is 17.8 Å². The Hall–Kier alpha value is -3.55. The van der Waals surface area contributed by atoms with Gasteiger partial charge < -0.3 is 9.64 Å². The van der Waals surface area contributed by atoms with Crippen molar-refractivity contribution in [3.63, 3.8) is 0 Å². The number of piperazine rings is 1. The van der Waals surface area contributed by atoms with Crippen molar-refractivity contribution in [2.24, 2.45) is 0 Å². The average Bonchev–Trinajstić information content (AvgIpc) is 2.81. The van der Waals surface area contributed by atoms with Crippen LogP contribution in [0.1, 0.15) is 5.56 Å². The molecule has 1 aromatic heterocycles. The zero-order valence-electron chi connectivity index (χ0n) is 16.3. The molecule has 0 amide bonds. The molecule has 1 fully saturated rings. The van der Waals surface area contributed by atoms with Gasteiger partial charge >= 0.3 is 0 Å². The summed E-state index contributed by atoms with van der Waals surface area (Å²) in [5.41, 5.74) is 0.124. The molecule has 10 heteroatoms. The summed E-state index contributed by atoms with van der Waals surface area (Å²) in [5.74, 6) is 0.794. The van der Waals surface area contributed by atoms with Crippen LogP contribution in [0.3, 0.4) is 0 Å². The Bertz CT molecular complexity index is 1220. The molecule has 0 radical (unpaired) electrons. The smallest absolute Gasteiger partial charge is 0.244 e. The number of nitrogens with zero attached hydrogens (tertiary/aromatic N) is 5. The summed E-state index contributed by atoms with van der Waals surface area (Å²) in [5, 5.41) is 9.23. The molecule has 0 aliphatic carbocycles. The van der Waals surface area contributed by atoms with Crippen molar-refractivity contribution in [2.75, 3.05) is 31.1 Å². The minimum Gasteiger partial charge on any atom is -0.439 e. The quantitative estimate of drug-likeness (QED) is 0.603. The molecule has 3 aromatic rings. The fourth-order valence-electron chi connectivity index (χ4n) is 3.22. The molecule has 1 aliphatic heterocycles. The van der Waals surface area contributed by atoms with Crippen molar-refractivity contribution >= 4 is 16.0 Å². The van der Waals surface area contributed by atoms with Crippen LogP contribution in [-0.2, 0) is 10.0 Å². The number of aromatic nitrogens is 2. The van der Waals surface area contributed by atoms with Crippen LogP contribution in [0.2, 0.25) is 0 Å². The number of benzene rings is 2. The second-order valence-corrected chi connectivity index (χ2v) is 8.66. The van der Waals surface area contributed by atoms with E-state index in [2.05, 4.69) is 9.97 Å². The first kappa shape index (κ1) is 20.7. The number of halogens is 1.